The van der Waals surface area contributed by atoms with Crippen molar-refractivity contribution in [1.82, 2.24) is 10.3 Å². The van der Waals surface area contributed by atoms with Gasteiger partial charge in [-0.1, -0.05) is 16.8 Å². The van der Waals surface area contributed by atoms with E-state index < -0.39 is 16.7 Å². The normalized spacial score (nSPS) is 15.0. The summed E-state index contributed by atoms with van der Waals surface area (Å²) in [5.41, 5.74) is -0.274. The van der Waals surface area contributed by atoms with Gasteiger partial charge in [0.1, 0.15) is 18.8 Å². The summed E-state index contributed by atoms with van der Waals surface area (Å²) in [5, 5.41) is 16.7. The average molecular weight is 486 g/mol. The van der Waals surface area contributed by atoms with Crippen molar-refractivity contribution in [2.75, 3.05) is 18.0 Å². The zero-order valence-electron chi connectivity index (χ0n) is 17.1. The van der Waals surface area contributed by atoms with Crippen molar-refractivity contribution in [2.24, 2.45) is 11.1 Å². The van der Waals surface area contributed by atoms with Crippen LogP contribution in [0.25, 0.3) is 0 Å². The number of halogens is 4. The predicted octanol–water partition coefficient (Wildman–Crippen LogP) is 4.15. The van der Waals surface area contributed by atoms with Gasteiger partial charge >= 0.3 is 6.18 Å². The number of carbonyl (C=O) groups excluding carboxylic acids is 1. The molecular weight excluding hydrogens is 467 g/mol. The van der Waals surface area contributed by atoms with E-state index in [1.807, 2.05) is 0 Å². The van der Waals surface area contributed by atoms with E-state index in [2.05, 4.69) is 15.5 Å². The smallest absolute Gasteiger partial charge is 0.390 e. The standard InChI is InChI=1S/C20H19ClF3N5O4/c21-17-9-15(20(22,23)24)10-25-18(17)28-7-5-14(6-8-28)19(30)26-12-27-33-11-13-1-3-16(4-2-13)29(31)32/h1-4,9-10,12,14H,5-8,11H2,(H,26,27,30). The first kappa shape index (κ1) is 24.2. The molecule has 1 aliphatic heterocycles. The number of alkyl halides is 3. The molecule has 1 saturated heterocycles. The van der Waals surface area contributed by atoms with Crippen LogP contribution in [0.3, 0.4) is 0 Å². The lowest BCUT2D eigenvalue weighted by molar-refractivity contribution is -0.384. The highest BCUT2D eigenvalue weighted by atomic mass is 35.5. The van der Waals surface area contributed by atoms with Crippen molar-refractivity contribution in [1.29, 1.82) is 0 Å². The molecule has 0 saturated carbocycles. The Bertz CT molecular complexity index is 1030. The minimum absolute atomic E-state index is 0.0306. The third kappa shape index (κ3) is 6.54. The highest BCUT2D eigenvalue weighted by Crippen LogP contribution is 2.34. The molecule has 1 fully saturated rings. The Balaban J connectivity index is 1.42. The van der Waals surface area contributed by atoms with Crippen molar-refractivity contribution in [3.05, 3.63) is 62.8 Å². The fraction of sp³-hybridized carbons (Fsp3) is 0.350. The van der Waals surface area contributed by atoms with Gasteiger partial charge in [0.15, 0.2) is 0 Å². The number of piperidine rings is 1. The van der Waals surface area contributed by atoms with Gasteiger partial charge in [-0.05, 0) is 36.6 Å². The number of nitrogens with zero attached hydrogens (tertiary/aromatic N) is 4. The van der Waals surface area contributed by atoms with E-state index in [4.69, 9.17) is 16.4 Å². The number of anilines is 1. The van der Waals surface area contributed by atoms with Gasteiger partial charge in [-0.2, -0.15) is 13.2 Å². The van der Waals surface area contributed by atoms with Crippen LogP contribution in [0.15, 0.2) is 41.7 Å². The van der Waals surface area contributed by atoms with Crippen LogP contribution < -0.4 is 10.2 Å². The molecule has 1 aromatic carbocycles. The van der Waals surface area contributed by atoms with Gasteiger partial charge in [-0.25, -0.2) is 4.98 Å². The number of nitro groups is 1. The number of oxime groups is 1. The first-order valence-corrected chi connectivity index (χ1v) is 10.2. The van der Waals surface area contributed by atoms with Crippen molar-refractivity contribution in [2.45, 2.75) is 25.6 Å². The molecule has 0 aliphatic carbocycles. The summed E-state index contributed by atoms with van der Waals surface area (Å²) in [6.45, 7) is 0.886. The number of hydrogen-bond acceptors (Lipinski definition) is 7. The van der Waals surface area contributed by atoms with E-state index in [0.717, 1.165) is 18.6 Å². The minimum atomic E-state index is -4.52. The van der Waals surface area contributed by atoms with Gasteiger partial charge in [0.2, 0.25) is 5.91 Å². The van der Waals surface area contributed by atoms with E-state index in [1.165, 1.54) is 24.3 Å². The van der Waals surface area contributed by atoms with Crippen LogP contribution in [-0.2, 0) is 22.4 Å². The number of amides is 1. The second-order valence-corrected chi connectivity index (χ2v) is 7.64. The monoisotopic (exact) mass is 485 g/mol. The third-order valence-electron chi connectivity index (χ3n) is 5.03. The summed E-state index contributed by atoms with van der Waals surface area (Å²) < 4.78 is 38.3. The highest BCUT2D eigenvalue weighted by Gasteiger charge is 2.33. The number of nitro benzene ring substituents is 1. The second-order valence-electron chi connectivity index (χ2n) is 7.23. The predicted molar refractivity (Wildman–Crippen MR) is 114 cm³/mol. The lowest BCUT2D eigenvalue weighted by atomic mass is 9.96. The van der Waals surface area contributed by atoms with Crippen molar-refractivity contribution >= 4 is 35.4 Å². The second kappa shape index (κ2) is 10.5. The van der Waals surface area contributed by atoms with Crippen molar-refractivity contribution in [3.8, 4) is 0 Å². The number of benzene rings is 1. The fourth-order valence-electron chi connectivity index (χ4n) is 3.24. The number of nitrogens with one attached hydrogen (secondary N) is 1. The largest absolute Gasteiger partial charge is 0.417 e. The summed E-state index contributed by atoms with van der Waals surface area (Å²) >= 11 is 5.99. The quantitative estimate of drug-likeness (QED) is 0.273. The average Bonchev–Trinajstić information content (AvgIpc) is 2.78. The molecule has 0 radical (unpaired) electrons. The van der Waals surface area contributed by atoms with E-state index in [9.17, 15) is 28.1 Å². The summed E-state index contributed by atoms with van der Waals surface area (Å²) in [4.78, 5) is 33.1. The molecule has 0 bridgehead atoms. The Hall–Kier alpha value is -3.41. The van der Waals surface area contributed by atoms with Gasteiger partial charge in [0.25, 0.3) is 5.69 Å². The Morgan fingerprint density at radius 2 is 2.00 bits per heavy atom. The van der Waals surface area contributed by atoms with E-state index in [0.29, 0.717) is 31.5 Å². The Kier molecular flexibility index (Phi) is 7.69. The molecule has 9 nitrogen and oxygen atoms in total. The summed E-state index contributed by atoms with van der Waals surface area (Å²) in [7, 11) is 0. The van der Waals surface area contributed by atoms with Gasteiger partial charge < -0.3 is 15.1 Å². The first-order valence-electron chi connectivity index (χ1n) is 9.80. The summed E-state index contributed by atoms with van der Waals surface area (Å²) in [5.74, 6) is -0.316. The molecule has 3 rings (SSSR count). The molecule has 1 N–H and O–H groups in total. The van der Waals surface area contributed by atoms with Crippen molar-refractivity contribution in [3.63, 3.8) is 0 Å². The highest BCUT2D eigenvalue weighted by molar-refractivity contribution is 6.33. The van der Waals surface area contributed by atoms with E-state index in [1.54, 1.807) is 4.90 Å². The molecule has 1 aromatic heterocycles. The molecule has 2 aromatic rings. The summed E-state index contributed by atoms with van der Waals surface area (Å²) in [6.07, 6.45) is -1.74. The summed E-state index contributed by atoms with van der Waals surface area (Å²) in [6, 6.07) is 6.62. The molecule has 176 valence electrons. The number of hydrogen-bond donors (Lipinski definition) is 1. The van der Waals surface area contributed by atoms with Gasteiger partial charge in [0, 0.05) is 37.3 Å². The van der Waals surface area contributed by atoms with Gasteiger partial charge in [-0.15, -0.1) is 0 Å². The number of carbonyl (C=O) groups is 1. The van der Waals surface area contributed by atoms with Crippen molar-refractivity contribution < 1.29 is 27.7 Å². The maximum Gasteiger partial charge on any atom is 0.417 e. The SMILES string of the molecule is O=C(N/C=N/OCc1ccc([N+](=O)[O-])cc1)C1CCN(c2ncc(C(F)(F)F)cc2Cl)CC1. The van der Waals surface area contributed by atoms with Crippen LogP contribution in [0.5, 0.6) is 0 Å². The van der Waals surface area contributed by atoms with Crippen LogP contribution in [0.2, 0.25) is 5.02 Å². The van der Waals surface area contributed by atoms with Crippen LogP contribution in [0.1, 0.15) is 24.0 Å². The van der Waals surface area contributed by atoms with E-state index >= 15 is 0 Å². The molecule has 1 amide bonds. The zero-order chi connectivity index (χ0) is 24.0. The lowest BCUT2D eigenvalue weighted by Crippen LogP contribution is -2.40. The third-order valence-corrected chi connectivity index (χ3v) is 5.30. The number of non-ortho nitro benzene ring substituents is 1. The number of aromatic nitrogens is 1. The maximum absolute atomic E-state index is 12.8. The zero-order valence-corrected chi connectivity index (χ0v) is 17.8. The Labute approximate surface area is 191 Å². The lowest BCUT2D eigenvalue weighted by Gasteiger charge is -2.32. The topological polar surface area (TPSA) is 110 Å². The van der Waals surface area contributed by atoms with Gasteiger partial charge in [-0.3, -0.25) is 14.9 Å². The van der Waals surface area contributed by atoms with Crippen LogP contribution in [-0.4, -0.2) is 35.2 Å². The maximum atomic E-state index is 12.8. The molecular formula is C20H19ClF3N5O4. The van der Waals surface area contributed by atoms with Gasteiger partial charge in [0.05, 0.1) is 15.5 Å². The first-order chi connectivity index (χ1) is 15.6. The number of rotatable bonds is 7. The fourth-order valence-corrected chi connectivity index (χ4v) is 3.53. The van der Waals surface area contributed by atoms with E-state index in [-0.39, 0.29) is 35.0 Å². The molecule has 0 spiro atoms. The molecule has 13 heteroatoms. The molecule has 2 heterocycles. The number of pyridine rings is 1. The molecule has 1 aliphatic rings. The van der Waals surface area contributed by atoms with Crippen LogP contribution >= 0.6 is 11.6 Å². The molecule has 0 unspecified atom stereocenters. The van der Waals surface area contributed by atoms with Crippen LogP contribution in [0, 0.1) is 16.0 Å². The Morgan fingerprint density at radius 1 is 1.33 bits per heavy atom. The molecule has 33 heavy (non-hydrogen) atoms. The molecule has 0 atom stereocenters. The van der Waals surface area contributed by atoms with Crippen LogP contribution in [0.4, 0.5) is 24.7 Å². The minimum Gasteiger partial charge on any atom is -0.390 e. The Morgan fingerprint density at radius 3 is 2.58 bits per heavy atom.